The van der Waals surface area contributed by atoms with Gasteiger partial charge in [-0.05, 0) is 52.8 Å². The first-order chi connectivity index (χ1) is 15.8. The van der Waals surface area contributed by atoms with E-state index in [1.165, 1.54) is 19.2 Å². The maximum Gasteiger partial charge on any atom is 0.418 e. The number of halogens is 3. The summed E-state index contributed by atoms with van der Waals surface area (Å²) in [5, 5.41) is 25.8. The molecule has 1 aliphatic rings. The van der Waals surface area contributed by atoms with Crippen molar-refractivity contribution in [1.82, 2.24) is 5.32 Å². The van der Waals surface area contributed by atoms with Gasteiger partial charge in [0.2, 0.25) is 0 Å². The van der Waals surface area contributed by atoms with Crippen molar-refractivity contribution in [1.29, 1.82) is 0 Å². The second kappa shape index (κ2) is 9.34. The zero-order valence-electron chi connectivity index (χ0n) is 19.6. The van der Waals surface area contributed by atoms with E-state index in [1.807, 2.05) is 0 Å². The number of hydrogen-bond donors (Lipinski definition) is 4. The van der Waals surface area contributed by atoms with Gasteiger partial charge in [-0.25, -0.2) is 4.79 Å². The lowest BCUT2D eigenvalue weighted by atomic mass is 9.84. The van der Waals surface area contributed by atoms with Crippen molar-refractivity contribution in [3.63, 3.8) is 0 Å². The summed E-state index contributed by atoms with van der Waals surface area (Å²) in [6.45, 7) is 5.38. The lowest BCUT2D eigenvalue weighted by molar-refractivity contribution is -0.207. The Balaban J connectivity index is 1.89. The van der Waals surface area contributed by atoms with E-state index in [0.29, 0.717) is 23.3 Å². The van der Waals surface area contributed by atoms with Gasteiger partial charge in [0.1, 0.15) is 11.5 Å². The molecule has 4 N–H and O–H groups in total. The number of amides is 2. The van der Waals surface area contributed by atoms with Crippen LogP contribution in [-0.4, -0.2) is 42.7 Å². The first kappa shape index (κ1) is 25.6. The van der Waals surface area contributed by atoms with E-state index in [1.54, 1.807) is 39.0 Å². The summed E-state index contributed by atoms with van der Waals surface area (Å²) in [6, 6.07) is 6.55. The van der Waals surface area contributed by atoms with Crippen LogP contribution >= 0.6 is 0 Å². The molecule has 2 aromatic carbocycles. The van der Waals surface area contributed by atoms with Crippen LogP contribution in [0.1, 0.15) is 55.2 Å². The molecule has 34 heavy (non-hydrogen) atoms. The summed E-state index contributed by atoms with van der Waals surface area (Å²) >= 11 is 0. The predicted molar refractivity (Wildman–Crippen MR) is 120 cm³/mol. The number of anilines is 1. The molecular formula is C24H29F3N2O5. The molecule has 0 radical (unpaired) electrons. The highest BCUT2D eigenvalue weighted by molar-refractivity contribution is 5.92. The van der Waals surface area contributed by atoms with Gasteiger partial charge in [-0.1, -0.05) is 26.8 Å². The van der Waals surface area contributed by atoms with Gasteiger partial charge in [0.05, 0.1) is 32.1 Å². The number of carbonyl (C=O) groups is 1. The maximum atomic E-state index is 13.3. The number of urea groups is 1. The van der Waals surface area contributed by atoms with Crippen molar-refractivity contribution in [2.24, 2.45) is 0 Å². The van der Waals surface area contributed by atoms with E-state index in [4.69, 9.17) is 9.47 Å². The number of aliphatic hydroxyl groups excluding tert-OH is 2. The molecule has 0 fully saturated rings. The Hall–Kier alpha value is -2.98. The van der Waals surface area contributed by atoms with Gasteiger partial charge >= 0.3 is 12.2 Å². The van der Waals surface area contributed by atoms with E-state index in [0.717, 1.165) is 12.7 Å². The normalized spacial score (nSPS) is 18.8. The number of benzene rings is 2. The number of aliphatic hydroxyl groups is 2. The molecule has 0 saturated heterocycles. The molecule has 7 nitrogen and oxygen atoms in total. The van der Waals surface area contributed by atoms with Crippen LogP contribution in [0.15, 0.2) is 30.3 Å². The fraction of sp³-hybridized carbons (Fsp3) is 0.458. The van der Waals surface area contributed by atoms with Gasteiger partial charge in [0.15, 0.2) is 6.10 Å². The third kappa shape index (κ3) is 5.23. The summed E-state index contributed by atoms with van der Waals surface area (Å²) in [6.07, 6.45) is -8.34. The second-order valence-electron chi connectivity index (χ2n) is 9.26. The summed E-state index contributed by atoms with van der Waals surface area (Å²) in [5.74, 6) is 0.323. The zero-order valence-corrected chi connectivity index (χ0v) is 19.6. The molecule has 0 saturated carbocycles. The monoisotopic (exact) mass is 482 g/mol. The molecule has 0 bridgehead atoms. The van der Waals surface area contributed by atoms with Gasteiger partial charge in [-0.3, -0.25) is 0 Å². The summed E-state index contributed by atoms with van der Waals surface area (Å²) in [7, 11) is 2.69. The van der Waals surface area contributed by atoms with Crippen molar-refractivity contribution in [2.45, 2.75) is 57.0 Å². The number of hydrogen-bond acceptors (Lipinski definition) is 5. The highest BCUT2D eigenvalue weighted by Crippen LogP contribution is 2.43. The third-order valence-electron chi connectivity index (χ3n) is 5.85. The molecule has 0 spiro atoms. The first-order valence-corrected chi connectivity index (χ1v) is 10.7. The highest BCUT2D eigenvalue weighted by Gasteiger charge is 2.42. The molecule has 2 amide bonds. The van der Waals surface area contributed by atoms with E-state index >= 15 is 0 Å². The number of rotatable bonds is 5. The number of methoxy groups -OCH3 is 2. The zero-order chi connectivity index (χ0) is 25.4. The minimum atomic E-state index is -4.93. The molecular weight excluding hydrogens is 453 g/mol. The van der Waals surface area contributed by atoms with E-state index in [-0.39, 0.29) is 11.4 Å². The molecule has 186 valence electrons. The average Bonchev–Trinajstić information content (AvgIpc) is 3.05. The van der Waals surface area contributed by atoms with Crippen LogP contribution < -0.4 is 20.1 Å². The first-order valence-electron chi connectivity index (χ1n) is 10.7. The summed E-state index contributed by atoms with van der Waals surface area (Å²) < 4.78 is 50.3. The maximum absolute atomic E-state index is 13.3. The Labute approximate surface area is 195 Å². The molecule has 0 unspecified atom stereocenters. The van der Waals surface area contributed by atoms with Crippen LogP contribution in [0.4, 0.5) is 23.7 Å². The quantitative estimate of drug-likeness (QED) is 0.507. The Morgan fingerprint density at radius 3 is 2.35 bits per heavy atom. The standard InChI is InChI=1S/C24H29F3N2O5/c1-23(2,3)13-10-16(21(31)24(25,26)27)20(34-5)18(11-13)29-22(32)28-17-9-12-8-14(33-4)6-7-15(12)19(17)30/h6-8,10-11,17,19,21,30-31H,9H2,1-5H3,(H2,28,29,32)/t17-,19+,21+/m1/s1. The Morgan fingerprint density at radius 2 is 1.79 bits per heavy atom. The number of ether oxygens (including phenoxy) is 2. The number of fused-ring (bicyclic) bond motifs is 1. The molecule has 10 heteroatoms. The third-order valence-corrected chi connectivity index (χ3v) is 5.85. The predicted octanol–water partition coefficient (Wildman–Crippen LogP) is 4.38. The van der Waals surface area contributed by atoms with Crippen molar-refractivity contribution < 1.29 is 37.7 Å². The van der Waals surface area contributed by atoms with Gasteiger partial charge in [-0.2, -0.15) is 13.2 Å². The molecule has 3 rings (SSSR count). The lowest BCUT2D eigenvalue weighted by Gasteiger charge is -2.26. The van der Waals surface area contributed by atoms with Crippen LogP contribution in [0.25, 0.3) is 0 Å². The van der Waals surface area contributed by atoms with Crippen LogP contribution in [0.2, 0.25) is 0 Å². The average molecular weight is 482 g/mol. The highest BCUT2D eigenvalue weighted by atomic mass is 19.4. The molecule has 2 aromatic rings. The van der Waals surface area contributed by atoms with Crippen LogP contribution in [0, 0.1) is 0 Å². The SMILES string of the molecule is COc1ccc2c(c1)C[C@@H](NC(=O)Nc1cc(C(C)(C)C)cc([C@H](O)C(F)(F)F)c1OC)[C@H]2O. The van der Waals surface area contributed by atoms with Gasteiger partial charge in [0, 0.05) is 5.56 Å². The molecule has 0 aromatic heterocycles. The minimum Gasteiger partial charge on any atom is -0.497 e. The molecule has 0 aliphatic heterocycles. The minimum absolute atomic E-state index is 0.0302. The number of alkyl halides is 3. The Bertz CT molecular complexity index is 1070. The Morgan fingerprint density at radius 1 is 1.12 bits per heavy atom. The van der Waals surface area contributed by atoms with Gasteiger partial charge in [0.25, 0.3) is 0 Å². The second-order valence-corrected chi connectivity index (χ2v) is 9.26. The van der Waals surface area contributed by atoms with Gasteiger partial charge < -0.3 is 30.3 Å². The summed E-state index contributed by atoms with van der Waals surface area (Å²) in [4.78, 5) is 12.8. The largest absolute Gasteiger partial charge is 0.497 e. The van der Waals surface area contributed by atoms with E-state index < -0.39 is 41.4 Å². The smallest absolute Gasteiger partial charge is 0.418 e. The molecule has 0 heterocycles. The fourth-order valence-electron chi connectivity index (χ4n) is 3.98. The van der Waals surface area contributed by atoms with Crippen molar-refractivity contribution >= 4 is 11.7 Å². The molecule has 3 atom stereocenters. The van der Waals surface area contributed by atoms with E-state index in [2.05, 4.69) is 10.6 Å². The molecule has 1 aliphatic carbocycles. The van der Waals surface area contributed by atoms with Crippen molar-refractivity contribution in [2.75, 3.05) is 19.5 Å². The number of nitrogens with one attached hydrogen (secondary N) is 2. The Kier molecular flexibility index (Phi) is 7.05. The van der Waals surface area contributed by atoms with Crippen LogP contribution in [-0.2, 0) is 11.8 Å². The van der Waals surface area contributed by atoms with E-state index in [9.17, 15) is 28.2 Å². The fourth-order valence-corrected chi connectivity index (χ4v) is 3.98. The van der Waals surface area contributed by atoms with Crippen molar-refractivity contribution in [3.05, 3.63) is 52.6 Å². The van der Waals surface area contributed by atoms with Gasteiger partial charge in [-0.15, -0.1) is 0 Å². The lowest BCUT2D eigenvalue weighted by Crippen LogP contribution is -2.40. The topological polar surface area (TPSA) is 100 Å². The van der Waals surface area contributed by atoms with Crippen LogP contribution in [0.5, 0.6) is 11.5 Å². The van der Waals surface area contributed by atoms with Crippen molar-refractivity contribution in [3.8, 4) is 11.5 Å². The number of carbonyl (C=O) groups excluding carboxylic acids is 1. The van der Waals surface area contributed by atoms with Crippen LogP contribution in [0.3, 0.4) is 0 Å². The summed E-state index contributed by atoms with van der Waals surface area (Å²) in [5.41, 5.74) is 0.827.